The largest absolute Gasteiger partial charge is 0.471 e. The number of nitrogens with one attached hydrogen (secondary N) is 3. The van der Waals surface area contributed by atoms with Gasteiger partial charge in [-0.15, -0.1) is 0 Å². The lowest BCUT2D eigenvalue weighted by Gasteiger charge is -2.29. The second-order valence-corrected chi connectivity index (χ2v) is 16.0. The van der Waals surface area contributed by atoms with Crippen molar-refractivity contribution in [3.05, 3.63) is 59.4 Å². The van der Waals surface area contributed by atoms with E-state index in [1.165, 1.54) is 23.1 Å². The van der Waals surface area contributed by atoms with E-state index in [-0.39, 0.29) is 42.9 Å². The Kier molecular flexibility index (Phi) is 9.48. The van der Waals surface area contributed by atoms with Gasteiger partial charge in [-0.25, -0.2) is 22.8 Å². The van der Waals surface area contributed by atoms with Gasteiger partial charge in [-0.3, -0.25) is 23.9 Å². The highest BCUT2D eigenvalue weighted by atomic mass is 32.2. The van der Waals surface area contributed by atoms with Crippen LogP contribution >= 0.6 is 0 Å². The number of hydrogen-bond acceptors (Lipinski definition) is 11. The summed E-state index contributed by atoms with van der Waals surface area (Å²) < 4.78 is 53.7. The van der Waals surface area contributed by atoms with E-state index in [2.05, 4.69) is 30.5 Å². The van der Waals surface area contributed by atoms with Crippen LogP contribution in [0.1, 0.15) is 79.7 Å². The molecule has 2 aromatic heterocycles. The molecule has 2 aliphatic heterocycles. The van der Waals surface area contributed by atoms with Gasteiger partial charge in [0.1, 0.15) is 40.7 Å². The average Bonchev–Trinajstić information content (AvgIpc) is 3.99. The van der Waals surface area contributed by atoms with Gasteiger partial charge in [0.05, 0.1) is 17.3 Å². The lowest BCUT2D eigenvalue weighted by atomic mass is 10.0. The van der Waals surface area contributed by atoms with Gasteiger partial charge in [0.25, 0.3) is 11.8 Å². The van der Waals surface area contributed by atoms with Gasteiger partial charge in [0, 0.05) is 18.4 Å². The van der Waals surface area contributed by atoms with Gasteiger partial charge in [-0.1, -0.05) is 36.2 Å². The third-order valence-electron chi connectivity index (χ3n) is 10.1. The number of nitrogens with zero attached hydrogens (tertiary/aromatic N) is 4. The maximum absolute atomic E-state index is 14.7. The zero-order chi connectivity index (χ0) is 36.8. The van der Waals surface area contributed by atoms with Gasteiger partial charge in [-0.2, -0.15) is 0 Å². The number of aryl methyl sites for hydroxylation is 2. The molecule has 15 nitrogen and oxygen atoms in total. The Hall–Kier alpha value is -4.93. The van der Waals surface area contributed by atoms with Crippen molar-refractivity contribution in [1.29, 1.82) is 0 Å². The van der Waals surface area contributed by atoms with E-state index in [0.717, 1.165) is 12.8 Å². The first-order valence-electron chi connectivity index (χ1n) is 17.5. The Morgan fingerprint density at radius 3 is 2.67 bits per heavy atom. The van der Waals surface area contributed by atoms with Crippen LogP contribution in [0.4, 0.5) is 4.39 Å². The zero-order valence-electron chi connectivity index (χ0n) is 28.8. The Labute approximate surface area is 299 Å². The Balaban J connectivity index is 1.20. The van der Waals surface area contributed by atoms with Crippen LogP contribution in [0.15, 0.2) is 40.9 Å². The summed E-state index contributed by atoms with van der Waals surface area (Å²) >= 11 is 0. The number of aromatic nitrogens is 3. The summed E-state index contributed by atoms with van der Waals surface area (Å²) in [5.41, 5.74) is -0.849. The van der Waals surface area contributed by atoms with E-state index in [9.17, 15) is 32.0 Å². The van der Waals surface area contributed by atoms with Gasteiger partial charge < -0.3 is 24.8 Å². The molecule has 5 atom stereocenters. The monoisotopic (exact) mass is 737 g/mol. The summed E-state index contributed by atoms with van der Waals surface area (Å²) in [6.45, 7) is 3.17. The van der Waals surface area contributed by atoms with Crippen LogP contribution < -0.4 is 20.1 Å². The normalized spacial score (nSPS) is 27.4. The summed E-state index contributed by atoms with van der Waals surface area (Å²) in [7, 11) is -3.91. The molecule has 2 saturated carbocycles. The SMILES string of the molecule is Cc1cc(C(=O)N[C@H]2CCCCC/C=C\C3C[C@@]3(C(=O)NS(=O)(=O)C3CC3)NC(=O)[C@@H]3C[C@@H](Oc4nc5c(F)cccc5nc4C)CN3C2=O)no1. The minimum atomic E-state index is -3.91. The molecule has 276 valence electrons. The maximum atomic E-state index is 14.7. The highest BCUT2D eigenvalue weighted by Gasteiger charge is 2.62. The number of ether oxygens (including phenoxy) is 1. The molecule has 3 aromatic rings. The summed E-state index contributed by atoms with van der Waals surface area (Å²) in [5, 5.41) is 8.71. The lowest BCUT2D eigenvalue weighted by molar-refractivity contribution is -0.141. The molecule has 0 radical (unpaired) electrons. The number of benzene rings is 1. The van der Waals surface area contributed by atoms with Crippen LogP contribution in [-0.2, 0) is 24.4 Å². The summed E-state index contributed by atoms with van der Waals surface area (Å²) in [6.07, 6.45) is 6.97. The third kappa shape index (κ3) is 7.22. The number of carbonyl (C=O) groups is 4. The predicted molar refractivity (Wildman–Crippen MR) is 183 cm³/mol. The van der Waals surface area contributed by atoms with Gasteiger partial charge >= 0.3 is 0 Å². The maximum Gasteiger partial charge on any atom is 0.274 e. The molecule has 7 rings (SSSR count). The minimum absolute atomic E-state index is 0.00225. The number of rotatable bonds is 7. The Bertz CT molecular complexity index is 2070. The molecule has 52 heavy (non-hydrogen) atoms. The number of fused-ring (bicyclic) bond motifs is 3. The van der Waals surface area contributed by atoms with Crippen molar-refractivity contribution in [2.75, 3.05) is 6.54 Å². The third-order valence-corrected chi connectivity index (χ3v) is 11.9. The van der Waals surface area contributed by atoms with E-state index < -0.39 is 74.4 Å². The zero-order valence-corrected chi connectivity index (χ0v) is 29.6. The molecule has 0 bridgehead atoms. The standard InChI is InChI=1S/C35H40FN7O8S/c1-19-15-27(41-51-19)30(44)38-26-11-7-5-3-4-6-9-21-17-35(21,34(47)42-52(48,49)23-13-14-23)40-31(45)28-16-22(18-43(28)33(26)46)50-32-20(2)37-25-12-8-10-24(36)29(25)39-32/h6,8-10,12,15,21-23,26,28H,3-5,7,11,13-14,16-18H2,1-2H3,(H,38,44)(H,40,45)(H,42,47)/b9-6-/t21?,22-,26+,28+,35-/m1/s1. The molecule has 4 amide bonds. The number of carbonyl (C=O) groups excluding carboxylic acids is 4. The van der Waals surface area contributed by atoms with Crippen LogP contribution in [0.5, 0.6) is 5.88 Å². The molecule has 0 spiro atoms. The van der Waals surface area contributed by atoms with E-state index in [1.807, 2.05) is 12.2 Å². The van der Waals surface area contributed by atoms with Crippen LogP contribution in [0.25, 0.3) is 11.0 Å². The van der Waals surface area contributed by atoms with E-state index in [0.29, 0.717) is 42.7 Å². The molecule has 4 aliphatic rings. The number of para-hydroxylation sites is 1. The lowest BCUT2D eigenvalue weighted by Crippen LogP contribution is -2.58. The highest BCUT2D eigenvalue weighted by molar-refractivity contribution is 7.91. The van der Waals surface area contributed by atoms with E-state index >= 15 is 0 Å². The average molecular weight is 738 g/mol. The molecule has 2 aliphatic carbocycles. The van der Waals surface area contributed by atoms with Crippen LogP contribution in [-0.4, -0.2) is 87.6 Å². The van der Waals surface area contributed by atoms with Crippen molar-refractivity contribution in [1.82, 2.24) is 35.4 Å². The van der Waals surface area contributed by atoms with Crippen molar-refractivity contribution in [2.45, 2.75) is 101 Å². The molecular formula is C35H40FN7O8S. The fraction of sp³-hybridized carbons (Fsp3) is 0.514. The molecule has 1 aromatic carbocycles. The first-order chi connectivity index (χ1) is 24.8. The fourth-order valence-electron chi connectivity index (χ4n) is 6.94. The van der Waals surface area contributed by atoms with Gasteiger partial charge in [0.2, 0.25) is 27.7 Å². The Morgan fingerprint density at radius 2 is 1.92 bits per heavy atom. The first kappa shape index (κ1) is 35.5. The fourth-order valence-corrected chi connectivity index (χ4v) is 8.30. The second-order valence-electron chi connectivity index (χ2n) is 14.1. The predicted octanol–water partition coefficient (Wildman–Crippen LogP) is 2.52. The number of sulfonamides is 1. The van der Waals surface area contributed by atoms with E-state index in [1.54, 1.807) is 19.9 Å². The minimum Gasteiger partial charge on any atom is -0.471 e. The number of allylic oxidation sites excluding steroid dienone is 1. The van der Waals surface area contributed by atoms with Crippen molar-refractivity contribution >= 4 is 44.7 Å². The summed E-state index contributed by atoms with van der Waals surface area (Å²) in [4.78, 5) is 65.6. The first-order valence-corrected chi connectivity index (χ1v) is 19.1. The summed E-state index contributed by atoms with van der Waals surface area (Å²) in [5.74, 6) is -3.30. The molecule has 3 fully saturated rings. The topological polar surface area (TPSA) is 203 Å². The van der Waals surface area contributed by atoms with Crippen molar-refractivity contribution in [3.8, 4) is 5.88 Å². The van der Waals surface area contributed by atoms with Gasteiger partial charge in [0.15, 0.2) is 11.5 Å². The second kappa shape index (κ2) is 13.9. The molecule has 1 saturated heterocycles. The quantitative estimate of drug-likeness (QED) is 0.301. The van der Waals surface area contributed by atoms with Crippen molar-refractivity contribution < 1.29 is 41.2 Å². The molecule has 1 unspecified atom stereocenters. The molecule has 3 N–H and O–H groups in total. The summed E-state index contributed by atoms with van der Waals surface area (Å²) in [6, 6.07) is 3.61. The Morgan fingerprint density at radius 1 is 1.12 bits per heavy atom. The van der Waals surface area contributed by atoms with Crippen molar-refractivity contribution in [3.63, 3.8) is 0 Å². The molecular weight excluding hydrogens is 697 g/mol. The smallest absolute Gasteiger partial charge is 0.274 e. The molecule has 4 heterocycles. The highest BCUT2D eigenvalue weighted by Crippen LogP contribution is 2.46. The van der Waals surface area contributed by atoms with E-state index in [4.69, 9.17) is 9.26 Å². The number of halogens is 1. The van der Waals surface area contributed by atoms with Crippen LogP contribution in [0.3, 0.4) is 0 Å². The number of hydrogen-bond donors (Lipinski definition) is 3. The van der Waals surface area contributed by atoms with Crippen molar-refractivity contribution in [2.24, 2.45) is 5.92 Å². The van der Waals surface area contributed by atoms with Crippen LogP contribution in [0.2, 0.25) is 0 Å². The van der Waals surface area contributed by atoms with Crippen LogP contribution in [0, 0.1) is 25.6 Å². The molecule has 17 heteroatoms. The van der Waals surface area contributed by atoms with Gasteiger partial charge in [-0.05, 0) is 64.5 Å². The number of amides is 4.